The predicted molar refractivity (Wildman–Crippen MR) is 78.8 cm³/mol. The predicted octanol–water partition coefficient (Wildman–Crippen LogP) is 2.53. The second-order valence-corrected chi connectivity index (χ2v) is 5.47. The molecule has 2 aromatic rings. The van der Waals surface area contributed by atoms with E-state index in [0.717, 1.165) is 6.07 Å². The van der Waals surface area contributed by atoms with Gasteiger partial charge in [-0.2, -0.15) is 0 Å². The van der Waals surface area contributed by atoms with Crippen molar-refractivity contribution >= 4 is 16.9 Å². The van der Waals surface area contributed by atoms with Gasteiger partial charge in [-0.15, -0.1) is 0 Å². The molecular formula is C16H16FNO4. The number of halogens is 1. The molecule has 3 rings (SSSR count). The van der Waals surface area contributed by atoms with Crippen LogP contribution in [0, 0.1) is 5.82 Å². The normalized spacial score (nSPS) is 16.8. The number of nitrogens with zero attached hydrogens (tertiary/aromatic N) is 1. The zero-order valence-corrected chi connectivity index (χ0v) is 12.4. The van der Waals surface area contributed by atoms with Gasteiger partial charge in [0, 0.05) is 11.4 Å². The summed E-state index contributed by atoms with van der Waals surface area (Å²) in [6.45, 7) is 3.55. The number of carbonyl (C=O) groups is 1. The zero-order chi connectivity index (χ0) is 16.0. The van der Waals surface area contributed by atoms with Crippen molar-refractivity contribution in [3.05, 3.63) is 39.4 Å². The van der Waals surface area contributed by atoms with Crippen LogP contribution in [0.2, 0.25) is 0 Å². The van der Waals surface area contributed by atoms with Crippen LogP contribution in [0.25, 0.3) is 10.9 Å². The van der Waals surface area contributed by atoms with Gasteiger partial charge < -0.3 is 14.4 Å². The third-order valence-electron chi connectivity index (χ3n) is 4.07. The summed E-state index contributed by atoms with van der Waals surface area (Å²) in [7, 11) is 0. The first kappa shape index (κ1) is 14.6. The Morgan fingerprint density at radius 3 is 2.91 bits per heavy atom. The van der Waals surface area contributed by atoms with Crippen LogP contribution in [-0.2, 0) is 11.2 Å². The molecule has 2 heterocycles. The largest absolute Gasteiger partial charge is 0.506 e. The van der Waals surface area contributed by atoms with Crippen molar-refractivity contribution in [2.45, 2.75) is 32.7 Å². The monoisotopic (exact) mass is 305 g/mol. The van der Waals surface area contributed by atoms with E-state index in [1.54, 1.807) is 6.92 Å². The van der Waals surface area contributed by atoms with Crippen LogP contribution in [0.1, 0.15) is 42.2 Å². The Morgan fingerprint density at radius 2 is 2.23 bits per heavy atom. The number of pyridine rings is 1. The van der Waals surface area contributed by atoms with Crippen LogP contribution in [0.5, 0.6) is 5.75 Å². The summed E-state index contributed by atoms with van der Waals surface area (Å²) in [5.41, 5.74) is 0.134. The van der Waals surface area contributed by atoms with Gasteiger partial charge in [-0.3, -0.25) is 4.79 Å². The van der Waals surface area contributed by atoms with Crippen LogP contribution in [0.3, 0.4) is 0 Å². The molecule has 0 unspecified atom stereocenters. The van der Waals surface area contributed by atoms with Gasteiger partial charge in [-0.05, 0) is 44.4 Å². The molecule has 0 saturated heterocycles. The fraction of sp³-hybridized carbons (Fsp3) is 0.375. The maximum Gasteiger partial charge on any atom is 0.347 e. The van der Waals surface area contributed by atoms with E-state index in [-0.39, 0.29) is 18.0 Å². The lowest BCUT2D eigenvalue weighted by Crippen LogP contribution is -2.32. The minimum absolute atomic E-state index is 0.0830. The molecule has 0 aliphatic carbocycles. The summed E-state index contributed by atoms with van der Waals surface area (Å²) < 4.78 is 20.1. The fourth-order valence-corrected chi connectivity index (χ4v) is 3.07. The van der Waals surface area contributed by atoms with E-state index in [2.05, 4.69) is 0 Å². The van der Waals surface area contributed by atoms with E-state index >= 15 is 0 Å². The third-order valence-corrected chi connectivity index (χ3v) is 4.07. The quantitative estimate of drug-likeness (QED) is 0.866. The number of esters is 1. The molecule has 6 heteroatoms. The first-order valence-corrected chi connectivity index (χ1v) is 7.22. The van der Waals surface area contributed by atoms with Crippen molar-refractivity contribution in [1.82, 2.24) is 4.57 Å². The third kappa shape index (κ3) is 1.98. The Bertz CT molecular complexity index is 840. The number of ether oxygens (including phenoxy) is 1. The summed E-state index contributed by atoms with van der Waals surface area (Å²) in [4.78, 5) is 24.6. The second-order valence-electron chi connectivity index (χ2n) is 5.47. The number of benzene rings is 1. The Morgan fingerprint density at radius 1 is 1.50 bits per heavy atom. The maximum atomic E-state index is 13.8. The van der Waals surface area contributed by atoms with Crippen LogP contribution in [-0.4, -0.2) is 22.2 Å². The highest BCUT2D eigenvalue weighted by molar-refractivity contribution is 6.00. The van der Waals surface area contributed by atoms with E-state index in [1.165, 1.54) is 10.6 Å². The van der Waals surface area contributed by atoms with Crippen LogP contribution >= 0.6 is 0 Å². The molecule has 116 valence electrons. The van der Waals surface area contributed by atoms with Gasteiger partial charge in [-0.1, -0.05) is 0 Å². The van der Waals surface area contributed by atoms with Crippen LogP contribution in [0.4, 0.5) is 4.39 Å². The molecular weight excluding hydrogens is 289 g/mol. The SMILES string of the molecule is CCOC(=O)c1c(O)c2cc(F)cc3c2n(c1=O)[C@H](C)CC3. The average molecular weight is 305 g/mol. The van der Waals surface area contributed by atoms with E-state index < -0.39 is 28.7 Å². The molecule has 1 aliphatic heterocycles. The number of rotatable bonds is 2. The van der Waals surface area contributed by atoms with Gasteiger partial charge in [0.1, 0.15) is 11.6 Å². The van der Waals surface area contributed by atoms with E-state index in [4.69, 9.17) is 4.74 Å². The molecule has 1 atom stereocenters. The van der Waals surface area contributed by atoms with E-state index in [1.807, 2.05) is 6.92 Å². The standard InChI is InChI=1S/C16H16FNO4/c1-3-22-16(21)12-14(19)11-7-10(17)6-9-5-4-8(2)18(13(9)11)15(12)20/h6-8,19H,3-5H2,1-2H3/t8-/m1/s1. The number of hydrogen-bond acceptors (Lipinski definition) is 4. The lowest BCUT2D eigenvalue weighted by molar-refractivity contribution is 0.0520. The summed E-state index contributed by atoms with van der Waals surface area (Å²) >= 11 is 0. The van der Waals surface area contributed by atoms with Gasteiger partial charge in [-0.25, -0.2) is 9.18 Å². The molecule has 22 heavy (non-hydrogen) atoms. The molecule has 1 aromatic carbocycles. The topological polar surface area (TPSA) is 68.5 Å². The van der Waals surface area contributed by atoms with Crippen LogP contribution < -0.4 is 5.56 Å². The average Bonchev–Trinajstić information content (AvgIpc) is 2.46. The maximum absolute atomic E-state index is 13.8. The Labute approximate surface area is 125 Å². The second kappa shape index (κ2) is 5.12. The van der Waals surface area contributed by atoms with Crippen LogP contribution in [0.15, 0.2) is 16.9 Å². The number of aromatic nitrogens is 1. The summed E-state index contributed by atoms with van der Waals surface area (Å²) in [6.07, 6.45) is 1.28. The number of aryl methyl sites for hydroxylation is 1. The lowest BCUT2D eigenvalue weighted by atomic mass is 9.95. The molecule has 1 N–H and O–H groups in total. The van der Waals surface area contributed by atoms with Gasteiger partial charge in [0.05, 0.1) is 12.1 Å². The number of carbonyl (C=O) groups excluding carboxylic acids is 1. The van der Waals surface area contributed by atoms with Crippen molar-refractivity contribution in [2.75, 3.05) is 6.61 Å². The summed E-state index contributed by atoms with van der Waals surface area (Å²) in [5.74, 6) is -1.91. The summed E-state index contributed by atoms with van der Waals surface area (Å²) in [6, 6.07) is 2.38. The molecule has 1 aliphatic rings. The molecule has 0 saturated carbocycles. The molecule has 1 aromatic heterocycles. The molecule has 5 nitrogen and oxygen atoms in total. The van der Waals surface area contributed by atoms with Crippen molar-refractivity contribution in [3.8, 4) is 5.75 Å². The van der Waals surface area contributed by atoms with Gasteiger partial charge in [0.25, 0.3) is 5.56 Å². The molecule has 0 amide bonds. The Balaban J connectivity index is 2.46. The molecule has 0 fully saturated rings. The first-order valence-electron chi connectivity index (χ1n) is 7.22. The van der Waals surface area contributed by atoms with Gasteiger partial charge >= 0.3 is 5.97 Å². The lowest BCUT2D eigenvalue weighted by Gasteiger charge is -2.26. The summed E-state index contributed by atoms with van der Waals surface area (Å²) in [5, 5.41) is 10.5. The highest BCUT2D eigenvalue weighted by Gasteiger charge is 2.29. The Hall–Kier alpha value is -2.37. The molecule has 0 spiro atoms. The van der Waals surface area contributed by atoms with Crippen molar-refractivity contribution < 1.29 is 19.0 Å². The van der Waals surface area contributed by atoms with Crippen molar-refractivity contribution in [1.29, 1.82) is 0 Å². The Kier molecular flexibility index (Phi) is 3.39. The van der Waals surface area contributed by atoms with Gasteiger partial charge in [0.2, 0.25) is 0 Å². The van der Waals surface area contributed by atoms with E-state index in [0.29, 0.717) is 23.9 Å². The first-order chi connectivity index (χ1) is 10.5. The minimum atomic E-state index is -0.890. The van der Waals surface area contributed by atoms with Crippen molar-refractivity contribution in [3.63, 3.8) is 0 Å². The smallest absolute Gasteiger partial charge is 0.347 e. The number of aromatic hydroxyl groups is 1. The number of hydrogen-bond donors (Lipinski definition) is 1. The minimum Gasteiger partial charge on any atom is -0.506 e. The zero-order valence-electron chi connectivity index (χ0n) is 12.4. The highest BCUT2D eigenvalue weighted by atomic mass is 19.1. The van der Waals surface area contributed by atoms with Gasteiger partial charge in [0.15, 0.2) is 5.56 Å². The van der Waals surface area contributed by atoms with Crippen molar-refractivity contribution in [2.24, 2.45) is 0 Å². The highest BCUT2D eigenvalue weighted by Crippen LogP contribution is 2.35. The van der Waals surface area contributed by atoms with E-state index in [9.17, 15) is 19.1 Å². The molecule has 0 bridgehead atoms. The fourth-order valence-electron chi connectivity index (χ4n) is 3.07. The molecule has 0 radical (unpaired) electrons.